The summed E-state index contributed by atoms with van der Waals surface area (Å²) in [6.45, 7) is 0. The highest BCUT2D eigenvalue weighted by Crippen LogP contribution is 2.29. The van der Waals surface area contributed by atoms with Gasteiger partial charge in [0.2, 0.25) is 0 Å². The highest BCUT2D eigenvalue weighted by atomic mass is 35.5. The molecule has 118 valence electrons. The molecule has 3 aromatic rings. The van der Waals surface area contributed by atoms with E-state index in [-0.39, 0.29) is 5.76 Å². The van der Waals surface area contributed by atoms with Gasteiger partial charge in [-0.05, 0) is 42.5 Å². The maximum atomic E-state index is 12.3. The number of rotatable bonds is 3. The van der Waals surface area contributed by atoms with Gasteiger partial charge in [-0.2, -0.15) is 5.26 Å². The van der Waals surface area contributed by atoms with E-state index in [1.807, 2.05) is 6.07 Å². The van der Waals surface area contributed by atoms with E-state index in [0.717, 1.165) is 0 Å². The molecular formula is C18H10Cl2N2O2. The molecule has 0 aliphatic carbocycles. The molecule has 0 saturated carbocycles. The van der Waals surface area contributed by atoms with Gasteiger partial charge in [0.25, 0.3) is 5.91 Å². The van der Waals surface area contributed by atoms with Crippen LogP contribution in [0.4, 0.5) is 5.69 Å². The van der Waals surface area contributed by atoms with Crippen molar-refractivity contribution >= 4 is 34.8 Å². The van der Waals surface area contributed by atoms with Crippen LogP contribution in [-0.2, 0) is 0 Å². The fraction of sp³-hybridized carbons (Fsp3) is 0. The number of nitrogens with zero attached hydrogens (tertiary/aromatic N) is 1. The molecule has 0 saturated heterocycles. The van der Waals surface area contributed by atoms with Crippen LogP contribution in [0.2, 0.25) is 10.0 Å². The molecule has 6 heteroatoms. The summed E-state index contributed by atoms with van der Waals surface area (Å²) >= 11 is 11.9. The van der Waals surface area contributed by atoms with Crippen molar-refractivity contribution in [3.8, 4) is 17.4 Å². The van der Waals surface area contributed by atoms with Crippen LogP contribution >= 0.6 is 23.2 Å². The van der Waals surface area contributed by atoms with Gasteiger partial charge < -0.3 is 9.73 Å². The fourth-order valence-corrected chi connectivity index (χ4v) is 2.44. The number of halogens is 2. The fourth-order valence-electron chi connectivity index (χ4n) is 2.14. The summed E-state index contributed by atoms with van der Waals surface area (Å²) in [7, 11) is 0. The molecule has 1 amide bonds. The van der Waals surface area contributed by atoms with Gasteiger partial charge in [0.15, 0.2) is 5.76 Å². The normalized spacial score (nSPS) is 10.2. The van der Waals surface area contributed by atoms with Crippen molar-refractivity contribution in [2.75, 3.05) is 5.32 Å². The third-order valence-corrected chi connectivity index (χ3v) is 4.07. The molecule has 0 aliphatic heterocycles. The van der Waals surface area contributed by atoms with E-state index < -0.39 is 5.91 Å². The zero-order chi connectivity index (χ0) is 17.1. The summed E-state index contributed by atoms with van der Waals surface area (Å²) in [6, 6.07) is 17.1. The molecule has 0 fully saturated rings. The second-order valence-corrected chi connectivity index (χ2v) is 5.72. The molecule has 0 unspecified atom stereocenters. The number of carbonyl (C=O) groups excluding carboxylic acids is 1. The van der Waals surface area contributed by atoms with Gasteiger partial charge in [0.05, 0.1) is 21.3 Å². The first kappa shape index (κ1) is 16.1. The average Bonchev–Trinajstić information content (AvgIpc) is 3.08. The van der Waals surface area contributed by atoms with Crippen LogP contribution in [0.1, 0.15) is 16.1 Å². The number of amides is 1. The van der Waals surface area contributed by atoms with E-state index >= 15 is 0 Å². The van der Waals surface area contributed by atoms with Crippen molar-refractivity contribution in [3.63, 3.8) is 0 Å². The average molecular weight is 357 g/mol. The van der Waals surface area contributed by atoms with Crippen LogP contribution in [0.15, 0.2) is 59.0 Å². The molecule has 0 radical (unpaired) electrons. The lowest BCUT2D eigenvalue weighted by molar-refractivity contribution is 0.0997. The van der Waals surface area contributed by atoms with Crippen LogP contribution in [0, 0.1) is 11.3 Å². The minimum atomic E-state index is -0.441. The number of anilines is 1. The Hall–Kier alpha value is -2.74. The van der Waals surface area contributed by atoms with Crippen LogP contribution in [0.5, 0.6) is 0 Å². The Morgan fingerprint density at radius 2 is 1.83 bits per heavy atom. The number of carbonyl (C=O) groups is 1. The molecule has 0 bridgehead atoms. The molecule has 1 heterocycles. The van der Waals surface area contributed by atoms with E-state index in [2.05, 4.69) is 5.32 Å². The SMILES string of the molecule is N#Cc1ccccc1NC(=O)c1ccc(-c2ccc(Cl)c(Cl)c2)o1. The minimum absolute atomic E-state index is 0.129. The molecule has 0 atom stereocenters. The minimum Gasteiger partial charge on any atom is -0.451 e. The quantitative estimate of drug-likeness (QED) is 0.685. The second kappa shape index (κ2) is 6.79. The summed E-state index contributed by atoms with van der Waals surface area (Å²) in [4.78, 5) is 12.3. The smallest absolute Gasteiger partial charge is 0.291 e. The van der Waals surface area contributed by atoms with Gasteiger partial charge in [-0.3, -0.25) is 4.79 Å². The highest BCUT2D eigenvalue weighted by molar-refractivity contribution is 6.42. The Labute approximate surface area is 148 Å². The third-order valence-electron chi connectivity index (χ3n) is 3.33. The predicted octanol–water partition coefficient (Wildman–Crippen LogP) is 5.38. The van der Waals surface area contributed by atoms with E-state index in [1.54, 1.807) is 54.6 Å². The Morgan fingerprint density at radius 3 is 2.58 bits per heavy atom. The Morgan fingerprint density at radius 1 is 1.04 bits per heavy atom. The Kier molecular flexibility index (Phi) is 4.57. The molecule has 0 aliphatic rings. The molecule has 3 rings (SSSR count). The largest absolute Gasteiger partial charge is 0.451 e. The molecule has 4 nitrogen and oxygen atoms in total. The van der Waals surface area contributed by atoms with Gasteiger partial charge in [0, 0.05) is 5.56 Å². The first-order valence-electron chi connectivity index (χ1n) is 6.94. The number of benzene rings is 2. The topological polar surface area (TPSA) is 66.0 Å². The second-order valence-electron chi connectivity index (χ2n) is 4.90. The van der Waals surface area contributed by atoms with Crippen LogP contribution < -0.4 is 5.32 Å². The lowest BCUT2D eigenvalue weighted by atomic mass is 10.2. The zero-order valence-corrected chi connectivity index (χ0v) is 13.7. The van der Waals surface area contributed by atoms with Gasteiger partial charge in [-0.25, -0.2) is 0 Å². The number of hydrogen-bond donors (Lipinski definition) is 1. The Balaban J connectivity index is 1.84. The lowest BCUT2D eigenvalue weighted by Gasteiger charge is -2.05. The van der Waals surface area contributed by atoms with Gasteiger partial charge in [-0.15, -0.1) is 0 Å². The molecule has 0 spiro atoms. The summed E-state index contributed by atoms with van der Waals surface area (Å²) in [5.41, 5.74) is 1.51. The molecule has 2 aromatic carbocycles. The van der Waals surface area contributed by atoms with Crippen LogP contribution in [0.25, 0.3) is 11.3 Å². The molecular weight excluding hydrogens is 347 g/mol. The van der Waals surface area contributed by atoms with Crippen molar-refractivity contribution in [2.24, 2.45) is 0 Å². The van der Waals surface area contributed by atoms with Crippen molar-refractivity contribution in [3.05, 3.63) is 76.0 Å². The number of para-hydroxylation sites is 1. The number of furan rings is 1. The first-order valence-corrected chi connectivity index (χ1v) is 7.70. The maximum absolute atomic E-state index is 12.3. The summed E-state index contributed by atoms with van der Waals surface area (Å²) in [6.07, 6.45) is 0. The standard InChI is InChI=1S/C18H10Cl2N2O2/c19-13-6-5-11(9-14(13)20)16-7-8-17(24-16)18(23)22-15-4-2-1-3-12(15)10-21/h1-9H,(H,22,23). The monoisotopic (exact) mass is 356 g/mol. The lowest BCUT2D eigenvalue weighted by Crippen LogP contribution is -2.11. The summed E-state index contributed by atoms with van der Waals surface area (Å²) in [5, 5.41) is 12.6. The number of nitriles is 1. The zero-order valence-electron chi connectivity index (χ0n) is 12.2. The van der Waals surface area contributed by atoms with E-state index in [4.69, 9.17) is 32.9 Å². The van der Waals surface area contributed by atoms with Crippen molar-refractivity contribution in [1.29, 1.82) is 5.26 Å². The van der Waals surface area contributed by atoms with E-state index in [1.165, 1.54) is 0 Å². The van der Waals surface area contributed by atoms with Gasteiger partial charge in [-0.1, -0.05) is 35.3 Å². The molecule has 1 N–H and O–H groups in total. The van der Waals surface area contributed by atoms with E-state index in [9.17, 15) is 4.79 Å². The van der Waals surface area contributed by atoms with Gasteiger partial charge in [0.1, 0.15) is 11.8 Å². The Bertz CT molecular complexity index is 958. The third kappa shape index (κ3) is 3.28. The molecule has 24 heavy (non-hydrogen) atoms. The number of nitrogens with one attached hydrogen (secondary N) is 1. The van der Waals surface area contributed by atoms with E-state index in [0.29, 0.717) is 32.6 Å². The molecule has 1 aromatic heterocycles. The first-order chi connectivity index (χ1) is 11.6. The predicted molar refractivity (Wildman–Crippen MR) is 93.3 cm³/mol. The highest BCUT2D eigenvalue weighted by Gasteiger charge is 2.14. The summed E-state index contributed by atoms with van der Waals surface area (Å²) in [5.74, 6) is 0.181. The van der Waals surface area contributed by atoms with Crippen LogP contribution in [0.3, 0.4) is 0 Å². The summed E-state index contributed by atoms with van der Waals surface area (Å²) < 4.78 is 5.58. The number of hydrogen-bond acceptors (Lipinski definition) is 3. The van der Waals surface area contributed by atoms with Crippen LogP contribution in [-0.4, -0.2) is 5.91 Å². The van der Waals surface area contributed by atoms with Crippen molar-refractivity contribution in [2.45, 2.75) is 0 Å². The van der Waals surface area contributed by atoms with Crippen molar-refractivity contribution < 1.29 is 9.21 Å². The van der Waals surface area contributed by atoms with Gasteiger partial charge >= 0.3 is 0 Å². The maximum Gasteiger partial charge on any atom is 0.291 e. The van der Waals surface area contributed by atoms with Crippen molar-refractivity contribution in [1.82, 2.24) is 0 Å².